The van der Waals surface area contributed by atoms with E-state index in [9.17, 15) is 4.79 Å². The Bertz CT molecular complexity index is 130. The Kier molecular flexibility index (Phi) is 4.07. The molecule has 0 aliphatic carbocycles. The fourth-order valence-corrected chi connectivity index (χ4v) is 0.872. The van der Waals surface area contributed by atoms with Gasteiger partial charge in [0.05, 0.1) is 18.1 Å². The lowest BCUT2D eigenvalue weighted by Crippen LogP contribution is -2.28. The summed E-state index contributed by atoms with van der Waals surface area (Å²) in [5.74, 6) is -1.93. The lowest BCUT2D eigenvalue weighted by Gasteiger charge is -2.16. The molecule has 0 rings (SSSR count). The highest BCUT2D eigenvalue weighted by Crippen LogP contribution is 2.11. The maximum atomic E-state index is 10.4. The Morgan fingerprint density at radius 1 is 1.36 bits per heavy atom. The first-order valence-electron chi connectivity index (χ1n) is 3.54. The van der Waals surface area contributed by atoms with Crippen molar-refractivity contribution in [3.8, 4) is 0 Å². The van der Waals surface area contributed by atoms with Crippen molar-refractivity contribution in [2.75, 3.05) is 0 Å². The van der Waals surface area contributed by atoms with Gasteiger partial charge in [-0.2, -0.15) is 0 Å². The molecule has 3 unspecified atom stereocenters. The number of aliphatic hydroxyl groups is 2. The van der Waals surface area contributed by atoms with Crippen LogP contribution in [-0.4, -0.2) is 33.5 Å². The number of hydrogen-bond donors (Lipinski definition) is 3. The molecule has 0 saturated heterocycles. The molecule has 0 aromatic rings. The second-order valence-corrected chi connectivity index (χ2v) is 2.77. The topological polar surface area (TPSA) is 77.8 Å². The van der Waals surface area contributed by atoms with Gasteiger partial charge in [-0.15, -0.1) is 0 Å². The number of carboxylic acids is 1. The van der Waals surface area contributed by atoms with Crippen molar-refractivity contribution < 1.29 is 20.1 Å². The summed E-state index contributed by atoms with van der Waals surface area (Å²) < 4.78 is 0. The molecule has 0 heterocycles. The van der Waals surface area contributed by atoms with Crippen molar-refractivity contribution in [3.63, 3.8) is 0 Å². The van der Waals surface area contributed by atoms with E-state index in [1.165, 1.54) is 13.8 Å². The van der Waals surface area contributed by atoms with E-state index >= 15 is 0 Å². The van der Waals surface area contributed by atoms with Crippen LogP contribution in [0.4, 0.5) is 0 Å². The van der Waals surface area contributed by atoms with Gasteiger partial charge in [-0.3, -0.25) is 4.79 Å². The zero-order chi connectivity index (χ0) is 9.02. The third kappa shape index (κ3) is 3.95. The maximum absolute atomic E-state index is 10.4. The van der Waals surface area contributed by atoms with E-state index in [2.05, 4.69) is 0 Å². The first-order chi connectivity index (χ1) is 4.95. The van der Waals surface area contributed by atoms with Crippen LogP contribution in [0.1, 0.15) is 20.3 Å². The molecule has 4 nitrogen and oxygen atoms in total. The van der Waals surface area contributed by atoms with Crippen molar-refractivity contribution in [1.29, 1.82) is 0 Å². The monoisotopic (exact) mass is 162 g/mol. The normalized spacial score (nSPS) is 18.9. The summed E-state index contributed by atoms with van der Waals surface area (Å²) in [6, 6.07) is 0. The molecule has 0 spiro atoms. The van der Waals surface area contributed by atoms with Gasteiger partial charge in [0.1, 0.15) is 0 Å². The van der Waals surface area contributed by atoms with Crippen molar-refractivity contribution in [2.24, 2.45) is 5.92 Å². The van der Waals surface area contributed by atoms with Gasteiger partial charge in [0.15, 0.2) is 0 Å². The summed E-state index contributed by atoms with van der Waals surface area (Å²) in [5.41, 5.74) is 0. The number of aliphatic hydroxyl groups excluding tert-OH is 2. The van der Waals surface area contributed by atoms with Crippen LogP contribution in [0.25, 0.3) is 0 Å². The van der Waals surface area contributed by atoms with Crippen LogP contribution >= 0.6 is 0 Å². The average molecular weight is 162 g/mol. The molecule has 0 saturated carbocycles. The first kappa shape index (κ1) is 10.4. The average Bonchev–Trinajstić information content (AvgIpc) is 1.81. The Labute approximate surface area is 65.5 Å². The zero-order valence-electron chi connectivity index (χ0n) is 6.69. The Balaban J connectivity index is 4.01. The van der Waals surface area contributed by atoms with Gasteiger partial charge in [0.2, 0.25) is 0 Å². The van der Waals surface area contributed by atoms with Crippen LogP contribution in [-0.2, 0) is 4.79 Å². The standard InChI is InChI=1S/C7H14O4/c1-4(8)3-6(5(2)9)7(10)11/h4-6,8-9H,3H2,1-2H3,(H,10,11). The van der Waals surface area contributed by atoms with E-state index in [0.717, 1.165) is 0 Å². The number of rotatable bonds is 4. The highest BCUT2D eigenvalue weighted by molar-refractivity contribution is 5.70. The van der Waals surface area contributed by atoms with E-state index in [1.807, 2.05) is 0 Å². The molecule has 3 atom stereocenters. The number of carbonyl (C=O) groups is 1. The smallest absolute Gasteiger partial charge is 0.309 e. The van der Waals surface area contributed by atoms with E-state index in [1.54, 1.807) is 0 Å². The second-order valence-electron chi connectivity index (χ2n) is 2.77. The SMILES string of the molecule is CC(O)CC(C(=O)O)C(C)O. The van der Waals surface area contributed by atoms with Crippen LogP contribution < -0.4 is 0 Å². The summed E-state index contributed by atoms with van der Waals surface area (Å²) in [4.78, 5) is 10.4. The van der Waals surface area contributed by atoms with E-state index in [0.29, 0.717) is 0 Å². The molecule has 3 N–H and O–H groups in total. The highest BCUT2D eigenvalue weighted by atomic mass is 16.4. The van der Waals surface area contributed by atoms with Gasteiger partial charge >= 0.3 is 5.97 Å². The van der Waals surface area contributed by atoms with Crippen LogP contribution in [0.3, 0.4) is 0 Å². The molecular weight excluding hydrogens is 148 g/mol. The molecule has 0 amide bonds. The fourth-order valence-electron chi connectivity index (χ4n) is 0.872. The van der Waals surface area contributed by atoms with Gasteiger partial charge in [-0.25, -0.2) is 0 Å². The van der Waals surface area contributed by atoms with Crippen molar-refractivity contribution >= 4 is 5.97 Å². The third-order valence-electron chi connectivity index (χ3n) is 1.49. The Morgan fingerprint density at radius 3 is 1.91 bits per heavy atom. The van der Waals surface area contributed by atoms with Crippen molar-refractivity contribution in [1.82, 2.24) is 0 Å². The molecule has 66 valence electrons. The molecule has 0 aliphatic heterocycles. The second kappa shape index (κ2) is 4.31. The summed E-state index contributed by atoms with van der Waals surface area (Å²) in [5, 5.41) is 26.3. The first-order valence-corrected chi connectivity index (χ1v) is 3.54. The largest absolute Gasteiger partial charge is 0.481 e. The maximum Gasteiger partial charge on any atom is 0.309 e. The van der Waals surface area contributed by atoms with Gasteiger partial charge in [-0.1, -0.05) is 0 Å². The fraction of sp³-hybridized carbons (Fsp3) is 0.857. The van der Waals surface area contributed by atoms with Gasteiger partial charge in [0.25, 0.3) is 0 Å². The zero-order valence-corrected chi connectivity index (χ0v) is 6.69. The Morgan fingerprint density at radius 2 is 1.82 bits per heavy atom. The van der Waals surface area contributed by atoms with Crippen LogP contribution in [0.5, 0.6) is 0 Å². The molecular formula is C7H14O4. The molecule has 11 heavy (non-hydrogen) atoms. The van der Waals surface area contributed by atoms with Crippen LogP contribution in [0.15, 0.2) is 0 Å². The van der Waals surface area contributed by atoms with E-state index in [-0.39, 0.29) is 6.42 Å². The Hall–Kier alpha value is -0.610. The van der Waals surface area contributed by atoms with Gasteiger partial charge < -0.3 is 15.3 Å². The van der Waals surface area contributed by atoms with Gasteiger partial charge in [0, 0.05) is 0 Å². The molecule has 0 fully saturated rings. The third-order valence-corrected chi connectivity index (χ3v) is 1.49. The molecule has 0 aromatic carbocycles. The lowest BCUT2D eigenvalue weighted by atomic mass is 9.97. The minimum Gasteiger partial charge on any atom is -0.481 e. The minimum atomic E-state index is -1.07. The number of aliphatic carboxylic acids is 1. The summed E-state index contributed by atoms with van der Waals surface area (Å²) in [6.45, 7) is 2.90. The van der Waals surface area contributed by atoms with E-state index < -0.39 is 24.1 Å². The molecule has 0 aromatic heterocycles. The molecule has 0 aliphatic rings. The molecule has 0 radical (unpaired) electrons. The highest BCUT2D eigenvalue weighted by Gasteiger charge is 2.24. The van der Waals surface area contributed by atoms with Crippen molar-refractivity contribution in [2.45, 2.75) is 32.5 Å². The molecule has 4 heteroatoms. The number of carboxylic acid groups (broad SMARTS) is 1. The van der Waals surface area contributed by atoms with E-state index in [4.69, 9.17) is 15.3 Å². The summed E-state index contributed by atoms with van der Waals surface area (Å²) in [6.07, 6.45) is -1.51. The number of hydrogen-bond acceptors (Lipinski definition) is 3. The quantitative estimate of drug-likeness (QED) is 0.536. The van der Waals surface area contributed by atoms with Crippen molar-refractivity contribution in [3.05, 3.63) is 0 Å². The lowest BCUT2D eigenvalue weighted by molar-refractivity contribution is -0.146. The molecule has 0 bridgehead atoms. The summed E-state index contributed by atoms with van der Waals surface area (Å²) >= 11 is 0. The predicted molar refractivity (Wildman–Crippen MR) is 39.1 cm³/mol. The van der Waals surface area contributed by atoms with Crippen LogP contribution in [0.2, 0.25) is 0 Å². The van der Waals surface area contributed by atoms with Crippen LogP contribution in [0, 0.1) is 5.92 Å². The predicted octanol–water partition coefficient (Wildman–Crippen LogP) is -0.161. The summed E-state index contributed by atoms with van der Waals surface area (Å²) in [7, 11) is 0. The van der Waals surface area contributed by atoms with Gasteiger partial charge in [-0.05, 0) is 20.3 Å². The minimum absolute atomic E-state index is 0.0903.